The van der Waals surface area contributed by atoms with Crippen molar-refractivity contribution < 1.29 is 8.42 Å². The molecule has 2 unspecified atom stereocenters. The van der Waals surface area contributed by atoms with Crippen LogP contribution in [0.4, 0.5) is 0 Å². The highest BCUT2D eigenvalue weighted by Crippen LogP contribution is 2.18. The van der Waals surface area contributed by atoms with Crippen LogP contribution in [0.2, 0.25) is 0 Å². The Morgan fingerprint density at radius 3 is 2.57 bits per heavy atom. The Morgan fingerprint density at radius 2 is 2.00 bits per heavy atom. The largest absolute Gasteiger partial charge is 0.324 e. The molecular formula is C15H27N3O2S. The van der Waals surface area contributed by atoms with Crippen LogP contribution in [-0.4, -0.2) is 40.0 Å². The third-order valence-corrected chi connectivity index (χ3v) is 4.99. The molecule has 0 heterocycles. The molecule has 0 aliphatic carbocycles. The first-order valence-corrected chi connectivity index (χ1v) is 8.77. The van der Waals surface area contributed by atoms with Gasteiger partial charge < -0.3 is 10.6 Å². The van der Waals surface area contributed by atoms with Gasteiger partial charge in [-0.15, -0.1) is 0 Å². The summed E-state index contributed by atoms with van der Waals surface area (Å²) < 4.78 is 27.5. The average Bonchev–Trinajstić information content (AvgIpc) is 2.44. The van der Waals surface area contributed by atoms with E-state index in [9.17, 15) is 8.42 Å². The molecule has 6 heteroatoms. The monoisotopic (exact) mass is 313 g/mol. The molecule has 0 saturated heterocycles. The van der Waals surface area contributed by atoms with Gasteiger partial charge in [0.1, 0.15) is 0 Å². The lowest BCUT2D eigenvalue weighted by atomic mass is 10.1. The lowest BCUT2D eigenvalue weighted by molar-refractivity contribution is 0.379. The summed E-state index contributed by atoms with van der Waals surface area (Å²) in [5.74, 6) is 0. The molecule has 1 aromatic carbocycles. The van der Waals surface area contributed by atoms with Gasteiger partial charge in [-0.3, -0.25) is 0 Å². The topological polar surface area (TPSA) is 75.4 Å². The molecule has 0 amide bonds. The first-order valence-electron chi connectivity index (χ1n) is 7.29. The SMILES string of the molecule is CCC(N)c1cccc(S(=O)(=O)NC(C)CCN(C)C)c1. The molecule has 0 radical (unpaired) electrons. The summed E-state index contributed by atoms with van der Waals surface area (Å²) in [5, 5.41) is 0. The lowest BCUT2D eigenvalue weighted by Crippen LogP contribution is -2.34. The number of hydrogen-bond acceptors (Lipinski definition) is 4. The van der Waals surface area contributed by atoms with E-state index in [1.54, 1.807) is 18.2 Å². The van der Waals surface area contributed by atoms with Gasteiger partial charge in [0.15, 0.2) is 0 Å². The van der Waals surface area contributed by atoms with Gasteiger partial charge in [-0.2, -0.15) is 0 Å². The molecule has 0 fully saturated rings. The molecule has 0 saturated carbocycles. The van der Waals surface area contributed by atoms with Crippen molar-refractivity contribution in [3.05, 3.63) is 29.8 Å². The minimum atomic E-state index is -3.50. The molecule has 1 rings (SSSR count). The number of nitrogens with zero attached hydrogens (tertiary/aromatic N) is 1. The number of nitrogens with two attached hydrogens (primary N) is 1. The zero-order valence-electron chi connectivity index (χ0n) is 13.3. The quantitative estimate of drug-likeness (QED) is 0.766. The Hall–Kier alpha value is -0.950. The fourth-order valence-electron chi connectivity index (χ4n) is 1.99. The molecule has 0 bridgehead atoms. The highest BCUT2D eigenvalue weighted by molar-refractivity contribution is 7.89. The van der Waals surface area contributed by atoms with Gasteiger partial charge in [-0.25, -0.2) is 13.1 Å². The smallest absolute Gasteiger partial charge is 0.240 e. The van der Waals surface area contributed by atoms with Gasteiger partial charge in [0.25, 0.3) is 0 Å². The predicted molar refractivity (Wildman–Crippen MR) is 86.6 cm³/mol. The number of benzene rings is 1. The minimum Gasteiger partial charge on any atom is -0.324 e. The summed E-state index contributed by atoms with van der Waals surface area (Å²) in [6.45, 7) is 4.69. The van der Waals surface area contributed by atoms with E-state index in [0.29, 0.717) is 0 Å². The highest BCUT2D eigenvalue weighted by Gasteiger charge is 2.18. The zero-order valence-corrected chi connectivity index (χ0v) is 14.2. The van der Waals surface area contributed by atoms with Crippen LogP contribution in [0.5, 0.6) is 0 Å². The average molecular weight is 313 g/mol. The predicted octanol–water partition coefficient (Wildman–Crippen LogP) is 1.71. The van der Waals surface area contributed by atoms with E-state index in [4.69, 9.17) is 5.73 Å². The fourth-order valence-corrected chi connectivity index (χ4v) is 3.32. The third-order valence-electron chi connectivity index (χ3n) is 3.40. The summed E-state index contributed by atoms with van der Waals surface area (Å²) >= 11 is 0. The van der Waals surface area contributed by atoms with E-state index >= 15 is 0 Å². The Bertz CT molecular complexity index is 544. The van der Waals surface area contributed by atoms with Crippen LogP contribution < -0.4 is 10.5 Å². The van der Waals surface area contributed by atoms with Gasteiger partial charge in [0.2, 0.25) is 10.0 Å². The van der Waals surface area contributed by atoms with Crippen LogP contribution >= 0.6 is 0 Å². The van der Waals surface area contributed by atoms with E-state index in [1.807, 2.05) is 38.9 Å². The summed E-state index contributed by atoms with van der Waals surface area (Å²) in [7, 11) is 0.442. The second kappa shape index (κ2) is 7.89. The van der Waals surface area contributed by atoms with Crippen molar-refractivity contribution in [1.82, 2.24) is 9.62 Å². The molecular weight excluding hydrogens is 286 g/mol. The van der Waals surface area contributed by atoms with Crippen molar-refractivity contribution >= 4 is 10.0 Å². The van der Waals surface area contributed by atoms with Crippen molar-refractivity contribution in [3.63, 3.8) is 0 Å². The molecule has 2 atom stereocenters. The highest BCUT2D eigenvalue weighted by atomic mass is 32.2. The Morgan fingerprint density at radius 1 is 1.33 bits per heavy atom. The van der Waals surface area contributed by atoms with E-state index in [2.05, 4.69) is 4.72 Å². The summed E-state index contributed by atoms with van der Waals surface area (Å²) in [5.41, 5.74) is 6.82. The first kappa shape index (κ1) is 18.1. The van der Waals surface area contributed by atoms with Crippen molar-refractivity contribution in [1.29, 1.82) is 0 Å². The molecule has 0 aromatic heterocycles. The van der Waals surface area contributed by atoms with Crippen molar-refractivity contribution in [2.45, 2.75) is 43.7 Å². The Kier molecular flexibility index (Phi) is 6.80. The van der Waals surface area contributed by atoms with Crippen molar-refractivity contribution in [3.8, 4) is 0 Å². The normalized spacial score (nSPS) is 15.1. The number of sulfonamides is 1. The lowest BCUT2D eigenvalue weighted by Gasteiger charge is -2.17. The second-order valence-electron chi connectivity index (χ2n) is 5.70. The van der Waals surface area contributed by atoms with Crippen LogP contribution in [0.15, 0.2) is 29.2 Å². The van der Waals surface area contributed by atoms with Crippen LogP contribution in [0.3, 0.4) is 0 Å². The standard InChI is InChI=1S/C15H27N3O2S/c1-5-15(16)13-7-6-8-14(11-13)21(19,20)17-12(2)9-10-18(3)4/h6-8,11-12,15,17H,5,9-10,16H2,1-4H3. The van der Waals surface area contributed by atoms with Crippen molar-refractivity contribution in [2.24, 2.45) is 5.73 Å². The van der Waals surface area contributed by atoms with Crippen LogP contribution in [0.25, 0.3) is 0 Å². The maximum Gasteiger partial charge on any atom is 0.240 e. The fraction of sp³-hybridized carbons (Fsp3) is 0.600. The summed E-state index contributed by atoms with van der Waals surface area (Å²) in [6, 6.07) is 6.63. The first-order chi connectivity index (χ1) is 9.76. The number of hydrogen-bond donors (Lipinski definition) is 2. The van der Waals surface area contributed by atoms with E-state index in [1.165, 1.54) is 0 Å². The minimum absolute atomic E-state index is 0.110. The van der Waals surface area contributed by atoms with E-state index < -0.39 is 10.0 Å². The van der Waals surface area contributed by atoms with Crippen molar-refractivity contribution in [2.75, 3.05) is 20.6 Å². The maximum absolute atomic E-state index is 12.4. The van der Waals surface area contributed by atoms with Gasteiger partial charge in [0.05, 0.1) is 4.90 Å². The van der Waals surface area contributed by atoms with Gasteiger partial charge in [-0.05, 0) is 58.1 Å². The molecule has 5 nitrogen and oxygen atoms in total. The van der Waals surface area contributed by atoms with Gasteiger partial charge in [-0.1, -0.05) is 19.1 Å². The second-order valence-corrected chi connectivity index (χ2v) is 7.42. The number of nitrogens with one attached hydrogen (secondary N) is 1. The molecule has 3 N–H and O–H groups in total. The van der Waals surface area contributed by atoms with E-state index in [0.717, 1.165) is 24.9 Å². The zero-order chi connectivity index (χ0) is 16.0. The van der Waals surface area contributed by atoms with Crippen LogP contribution in [0, 0.1) is 0 Å². The third kappa shape index (κ3) is 5.74. The Labute approximate surface area is 128 Å². The number of rotatable bonds is 8. The molecule has 21 heavy (non-hydrogen) atoms. The summed E-state index contributed by atoms with van der Waals surface area (Å²) in [4.78, 5) is 2.31. The Balaban J connectivity index is 2.83. The molecule has 0 aliphatic rings. The van der Waals surface area contributed by atoms with Crippen LogP contribution in [0.1, 0.15) is 38.3 Å². The molecule has 1 aromatic rings. The van der Waals surface area contributed by atoms with Crippen LogP contribution in [-0.2, 0) is 10.0 Å². The van der Waals surface area contributed by atoms with Gasteiger partial charge >= 0.3 is 0 Å². The molecule has 0 spiro atoms. The van der Waals surface area contributed by atoms with Gasteiger partial charge in [0, 0.05) is 12.1 Å². The maximum atomic E-state index is 12.4. The molecule has 120 valence electrons. The van der Waals surface area contributed by atoms with E-state index in [-0.39, 0.29) is 17.0 Å². The summed E-state index contributed by atoms with van der Waals surface area (Å²) in [6.07, 6.45) is 1.54. The molecule has 0 aliphatic heterocycles.